The molecule has 5 heteroatoms. The molecule has 5 nitrogen and oxygen atoms in total. The first-order valence-corrected chi connectivity index (χ1v) is 5.92. The fourth-order valence-electron chi connectivity index (χ4n) is 1.74. The minimum Gasteiger partial charge on any atom is -0.505 e. The standard InChI is InChI=1S/C14H14N2O3/c1-3-19-14(18)12-9(2)16-11(13(12)17)8-10-6-4-5-7-15-10/h4-8,17H,3H2,1-2H3/b11-8-. The van der Waals surface area contributed by atoms with Crippen molar-refractivity contribution in [1.29, 1.82) is 0 Å². The average molecular weight is 258 g/mol. The summed E-state index contributed by atoms with van der Waals surface area (Å²) in [6.45, 7) is 3.62. The smallest absolute Gasteiger partial charge is 0.343 e. The molecule has 0 spiro atoms. The van der Waals surface area contributed by atoms with Gasteiger partial charge in [0.2, 0.25) is 0 Å². The monoisotopic (exact) mass is 258 g/mol. The highest BCUT2D eigenvalue weighted by Crippen LogP contribution is 2.25. The van der Waals surface area contributed by atoms with Gasteiger partial charge in [0.25, 0.3) is 0 Å². The van der Waals surface area contributed by atoms with Crippen molar-refractivity contribution in [2.24, 2.45) is 4.99 Å². The molecule has 0 radical (unpaired) electrons. The average Bonchev–Trinajstić information content (AvgIpc) is 2.66. The number of esters is 1. The Hall–Kier alpha value is -2.43. The van der Waals surface area contributed by atoms with Gasteiger partial charge in [0, 0.05) is 6.20 Å². The summed E-state index contributed by atoms with van der Waals surface area (Å²) in [6.07, 6.45) is 3.26. The lowest BCUT2D eigenvalue weighted by Crippen LogP contribution is -2.13. The van der Waals surface area contributed by atoms with Crippen LogP contribution in [0.1, 0.15) is 19.5 Å². The molecule has 0 fully saturated rings. The fraction of sp³-hybridized carbons (Fsp3) is 0.214. The summed E-state index contributed by atoms with van der Waals surface area (Å²) in [6, 6.07) is 5.41. The summed E-state index contributed by atoms with van der Waals surface area (Å²) < 4.78 is 4.88. The molecule has 19 heavy (non-hydrogen) atoms. The normalized spacial score (nSPS) is 16.7. The molecule has 0 bridgehead atoms. The number of nitrogens with zero attached hydrogens (tertiary/aromatic N) is 2. The molecule has 0 atom stereocenters. The van der Waals surface area contributed by atoms with Crippen molar-refractivity contribution < 1.29 is 14.6 Å². The lowest BCUT2D eigenvalue weighted by atomic mass is 10.1. The van der Waals surface area contributed by atoms with Crippen LogP contribution in [-0.4, -0.2) is 28.4 Å². The van der Waals surface area contributed by atoms with Crippen LogP contribution in [0.3, 0.4) is 0 Å². The van der Waals surface area contributed by atoms with Crippen LogP contribution in [0.25, 0.3) is 6.08 Å². The van der Waals surface area contributed by atoms with Crippen molar-refractivity contribution in [3.63, 3.8) is 0 Å². The lowest BCUT2D eigenvalue weighted by Gasteiger charge is -2.02. The first-order valence-electron chi connectivity index (χ1n) is 5.92. The number of aliphatic hydroxyl groups excluding tert-OH is 1. The van der Waals surface area contributed by atoms with E-state index in [0.717, 1.165) is 0 Å². The minimum atomic E-state index is -0.564. The minimum absolute atomic E-state index is 0.115. The molecule has 0 aromatic carbocycles. The van der Waals surface area contributed by atoms with E-state index >= 15 is 0 Å². The Labute approximate surface area is 111 Å². The van der Waals surface area contributed by atoms with Crippen LogP contribution in [0.5, 0.6) is 0 Å². The van der Waals surface area contributed by atoms with E-state index in [-0.39, 0.29) is 17.9 Å². The summed E-state index contributed by atoms with van der Waals surface area (Å²) in [7, 11) is 0. The molecule has 1 aromatic rings. The number of aliphatic hydroxyl groups is 1. The van der Waals surface area contributed by atoms with Crippen LogP contribution in [0.2, 0.25) is 0 Å². The molecule has 0 unspecified atom stereocenters. The van der Waals surface area contributed by atoms with Crippen molar-refractivity contribution in [2.75, 3.05) is 6.61 Å². The predicted octanol–water partition coefficient (Wildman–Crippen LogP) is 2.27. The second-order valence-corrected chi connectivity index (χ2v) is 3.93. The Morgan fingerprint density at radius 3 is 2.89 bits per heavy atom. The summed E-state index contributed by atoms with van der Waals surface area (Å²) in [5.74, 6) is -0.729. The largest absolute Gasteiger partial charge is 0.505 e. The number of pyridine rings is 1. The molecular weight excluding hydrogens is 244 g/mol. The van der Waals surface area contributed by atoms with Gasteiger partial charge in [-0.15, -0.1) is 0 Å². The molecule has 1 aliphatic rings. The van der Waals surface area contributed by atoms with Gasteiger partial charge in [-0.1, -0.05) is 6.07 Å². The predicted molar refractivity (Wildman–Crippen MR) is 71.6 cm³/mol. The molecule has 0 aliphatic carbocycles. The van der Waals surface area contributed by atoms with Crippen molar-refractivity contribution >= 4 is 17.8 Å². The summed E-state index contributed by atoms with van der Waals surface area (Å²) >= 11 is 0. The van der Waals surface area contributed by atoms with Gasteiger partial charge in [-0.2, -0.15) is 0 Å². The Bertz CT molecular complexity index is 586. The topological polar surface area (TPSA) is 71.8 Å². The second-order valence-electron chi connectivity index (χ2n) is 3.93. The number of aliphatic imine (C=N–C) groups is 1. The fourth-order valence-corrected chi connectivity index (χ4v) is 1.74. The molecule has 98 valence electrons. The van der Waals surface area contributed by atoms with Gasteiger partial charge in [0.15, 0.2) is 5.76 Å². The van der Waals surface area contributed by atoms with E-state index in [1.165, 1.54) is 0 Å². The highest BCUT2D eigenvalue weighted by atomic mass is 16.5. The van der Waals surface area contributed by atoms with Crippen LogP contribution < -0.4 is 0 Å². The van der Waals surface area contributed by atoms with Crippen LogP contribution in [-0.2, 0) is 9.53 Å². The van der Waals surface area contributed by atoms with Crippen molar-refractivity contribution in [1.82, 2.24) is 4.98 Å². The molecule has 1 N–H and O–H groups in total. The number of hydrogen-bond donors (Lipinski definition) is 1. The molecule has 0 saturated carbocycles. The Balaban J connectivity index is 2.36. The van der Waals surface area contributed by atoms with E-state index in [2.05, 4.69) is 9.98 Å². The van der Waals surface area contributed by atoms with Crippen LogP contribution in [0.15, 0.2) is 46.4 Å². The van der Waals surface area contributed by atoms with Crippen LogP contribution in [0.4, 0.5) is 0 Å². The van der Waals surface area contributed by atoms with E-state index in [1.54, 1.807) is 38.3 Å². The van der Waals surface area contributed by atoms with Gasteiger partial charge in [0.1, 0.15) is 11.3 Å². The van der Waals surface area contributed by atoms with Crippen molar-refractivity contribution in [3.05, 3.63) is 47.1 Å². The van der Waals surface area contributed by atoms with Crippen molar-refractivity contribution in [2.45, 2.75) is 13.8 Å². The Kier molecular flexibility index (Phi) is 3.75. The molecular formula is C14H14N2O3. The SMILES string of the molecule is CCOC(=O)C1=C(O)/C(=C/c2ccccn2)N=C1C. The first-order chi connectivity index (χ1) is 9.13. The van der Waals surface area contributed by atoms with E-state index in [9.17, 15) is 9.90 Å². The first kappa shape index (κ1) is 13.0. The summed E-state index contributed by atoms with van der Waals surface area (Å²) in [5, 5.41) is 10.0. The quantitative estimate of drug-likeness (QED) is 0.844. The molecule has 2 heterocycles. The highest BCUT2D eigenvalue weighted by molar-refractivity contribution is 6.22. The molecule has 0 saturated heterocycles. The van der Waals surface area contributed by atoms with Gasteiger partial charge in [-0.25, -0.2) is 9.79 Å². The Morgan fingerprint density at radius 2 is 2.26 bits per heavy atom. The maximum absolute atomic E-state index is 11.7. The summed E-state index contributed by atoms with van der Waals surface area (Å²) in [4.78, 5) is 20.0. The zero-order valence-electron chi connectivity index (χ0n) is 10.8. The number of aromatic nitrogens is 1. The maximum Gasteiger partial charge on any atom is 0.343 e. The van der Waals surface area contributed by atoms with Crippen LogP contribution in [0, 0.1) is 0 Å². The maximum atomic E-state index is 11.7. The molecule has 1 aliphatic heterocycles. The van der Waals surface area contributed by atoms with Gasteiger partial charge in [0.05, 0.1) is 18.0 Å². The van der Waals surface area contributed by atoms with Gasteiger partial charge in [-0.05, 0) is 32.1 Å². The van der Waals surface area contributed by atoms with E-state index in [1.807, 2.05) is 6.07 Å². The number of ether oxygens (including phenoxy) is 1. The van der Waals surface area contributed by atoms with Gasteiger partial charge < -0.3 is 9.84 Å². The lowest BCUT2D eigenvalue weighted by molar-refractivity contribution is -0.138. The zero-order valence-corrected chi connectivity index (χ0v) is 10.8. The number of carbonyl (C=O) groups is 1. The second kappa shape index (κ2) is 5.48. The van der Waals surface area contributed by atoms with Crippen molar-refractivity contribution in [3.8, 4) is 0 Å². The number of hydrogen-bond acceptors (Lipinski definition) is 5. The highest BCUT2D eigenvalue weighted by Gasteiger charge is 2.27. The van der Waals surface area contributed by atoms with Crippen LogP contribution >= 0.6 is 0 Å². The van der Waals surface area contributed by atoms with Gasteiger partial charge >= 0.3 is 5.97 Å². The third-order valence-corrected chi connectivity index (χ3v) is 2.58. The molecule has 0 amide bonds. The third kappa shape index (κ3) is 2.70. The molecule has 2 rings (SSSR count). The zero-order chi connectivity index (χ0) is 13.8. The molecule has 1 aromatic heterocycles. The van der Waals surface area contributed by atoms with Gasteiger partial charge in [-0.3, -0.25) is 4.98 Å². The Morgan fingerprint density at radius 1 is 1.47 bits per heavy atom. The summed E-state index contributed by atoms with van der Waals surface area (Å²) in [5.41, 5.74) is 1.53. The third-order valence-electron chi connectivity index (χ3n) is 2.58. The number of rotatable bonds is 3. The van der Waals surface area contributed by atoms with E-state index in [0.29, 0.717) is 17.1 Å². The van der Waals surface area contributed by atoms with E-state index < -0.39 is 5.97 Å². The van der Waals surface area contributed by atoms with E-state index in [4.69, 9.17) is 4.74 Å². The number of carbonyl (C=O) groups excluding carboxylic acids is 1.